The molecule has 1 saturated heterocycles. The number of hydrogen-bond acceptors (Lipinski definition) is 5. The second-order valence-corrected chi connectivity index (χ2v) is 10.5. The van der Waals surface area contributed by atoms with E-state index < -0.39 is 0 Å². The molecule has 1 fully saturated rings. The van der Waals surface area contributed by atoms with Crippen molar-refractivity contribution in [3.05, 3.63) is 51.9 Å². The highest BCUT2D eigenvalue weighted by atomic mass is 32.2. The molecule has 5 nitrogen and oxygen atoms in total. The van der Waals surface area contributed by atoms with E-state index in [0.29, 0.717) is 28.6 Å². The van der Waals surface area contributed by atoms with Crippen molar-refractivity contribution < 1.29 is 4.79 Å². The quantitative estimate of drug-likeness (QED) is 0.501. The van der Waals surface area contributed by atoms with Gasteiger partial charge in [-0.05, 0) is 37.7 Å². The number of piperidine rings is 1. The first kappa shape index (κ1) is 21.5. The molecule has 1 amide bonds. The van der Waals surface area contributed by atoms with Crippen LogP contribution in [0.2, 0.25) is 0 Å². The number of carbonyl (C=O) groups excluding carboxylic acids is 1. The predicted octanol–water partition coefficient (Wildman–Crippen LogP) is 3.87. The summed E-state index contributed by atoms with van der Waals surface area (Å²) in [5.41, 5.74) is 2.33. The number of hydrogen-bond donors (Lipinski definition) is 0. The van der Waals surface area contributed by atoms with Crippen molar-refractivity contribution in [2.45, 2.75) is 61.4 Å². The maximum Gasteiger partial charge on any atom is 0.268 e. The van der Waals surface area contributed by atoms with Crippen LogP contribution < -0.4 is 5.56 Å². The number of thioether (sulfide) groups is 2. The summed E-state index contributed by atoms with van der Waals surface area (Å²) in [6, 6.07) is 10.6. The fourth-order valence-electron chi connectivity index (χ4n) is 4.27. The summed E-state index contributed by atoms with van der Waals surface area (Å²) in [6.45, 7) is 6.31. The maximum absolute atomic E-state index is 12.8. The van der Waals surface area contributed by atoms with E-state index in [4.69, 9.17) is 4.98 Å². The average Bonchev–Trinajstić information content (AvgIpc) is 3.14. The Labute approximate surface area is 186 Å². The van der Waals surface area contributed by atoms with Crippen LogP contribution in [0, 0.1) is 5.92 Å². The minimum Gasteiger partial charge on any atom is -0.342 e. The number of carbonyl (C=O) groups is 1. The van der Waals surface area contributed by atoms with Crippen LogP contribution in [0.4, 0.5) is 0 Å². The highest BCUT2D eigenvalue weighted by Gasteiger charge is 2.27. The normalized spacial score (nSPS) is 19.1. The van der Waals surface area contributed by atoms with Crippen molar-refractivity contribution in [2.75, 3.05) is 18.8 Å². The van der Waals surface area contributed by atoms with Crippen molar-refractivity contribution in [2.24, 2.45) is 5.92 Å². The molecule has 0 radical (unpaired) electrons. The van der Waals surface area contributed by atoms with Gasteiger partial charge < -0.3 is 4.90 Å². The molecule has 4 rings (SSSR count). The Morgan fingerprint density at radius 3 is 2.67 bits per heavy atom. The Kier molecular flexibility index (Phi) is 6.88. The molecule has 0 spiro atoms. The molecule has 1 atom stereocenters. The van der Waals surface area contributed by atoms with Crippen LogP contribution in [-0.2, 0) is 24.2 Å². The number of aromatic nitrogens is 2. The summed E-state index contributed by atoms with van der Waals surface area (Å²) in [4.78, 5) is 33.1. The van der Waals surface area contributed by atoms with Crippen LogP contribution in [0.5, 0.6) is 0 Å². The molecule has 2 aliphatic heterocycles. The molecule has 0 bridgehead atoms. The SMILES string of the molecule is CCn1c(SCC(=O)N2CCC(Cc3ccccc3)CC2)nc2c(c1=O)S[C@H](C)C2. The molecule has 0 aliphatic carbocycles. The van der Waals surface area contributed by atoms with Gasteiger partial charge in [0, 0.05) is 31.3 Å². The second-order valence-electron chi connectivity index (χ2n) is 8.15. The molecule has 0 saturated carbocycles. The maximum atomic E-state index is 12.8. The molecule has 2 aliphatic rings. The average molecular weight is 444 g/mol. The molecular weight excluding hydrogens is 414 g/mol. The number of benzene rings is 1. The molecule has 0 N–H and O–H groups in total. The lowest BCUT2D eigenvalue weighted by Crippen LogP contribution is -2.40. The van der Waals surface area contributed by atoms with Gasteiger partial charge in [0.1, 0.15) is 0 Å². The standard InChI is InChI=1S/C23H29N3O2S2/c1-3-26-22(28)21-19(13-16(2)30-21)24-23(26)29-15-20(27)25-11-9-18(10-12-25)14-17-7-5-4-6-8-17/h4-8,16,18H,3,9-15H2,1-2H3/t16-/m1/s1. The van der Waals surface area contributed by atoms with Gasteiger partial charge in [-0.3, -0.25) is 14.2 Å². The van der Waals surface area contributed by atoms with Gasteiger partial charge in [0.2, 0.25) is 5.91 Å². The van der Waals surface area contributed by atoms with E-state index in [2.05, 4.69) is 37.3 Å². The largest absolute Gasteiger partial charge is 0.342 e. The lowest BCUT2D eigenvalue weighted by atomic mass is 9.90. The fraction of sp³-hybridized carbons (Fsp3) is 0.522. The Morgan fingerprint density at radius 1 is 1.23 bits per heavy atom. The summed E-state index contributed by atoms with van der Waals surface area (Å²) < 4.78 is 1.72. The minimum atomic E-state index is 0.0496. The van der Waals surface area contributed by atoms with Crippen molar-refractivity contribution in [1.29, 1.82) is 0 Å². The first-order chi connectivity index (χ1) is 14.5. The summed E-state index contributed by atoms with van der Waals surface area (Å²) in [6.07, 6.45) is 4.03. The van der Waals surface area contributed by atoms with Crippen molar-refractivity contribution in [3.63, 3.8) is 0 Å². The first-order valence-electron chi connectivity index (χ1n) is 10.8. The third kappa shape index (κ3) is 4.78. The zero-order valence-corrected chi connectivity index (χ0v) is 19.3. The third-order valence-corrected chi connectivity index (χ3v) is 8.11. The number of likely N-dealkylation sites (tertiary alicyclic amines) is 1. The van der Waals surface area contributed by atoms with Gasteiger partial charge >= 0.3 is 0 Å². The smallest absolute Gasteiger partial charge is 0.268 e. The minimum absolute atomic E-state index is 0.0496. The Bertz CT molecular complexity index is 953. The Balaban J connectivity index is 1.33. The molecule has 7 heteroatoms. The van der Waals surface area contributed by atoms with Gasteiger partial charge in [-0.2, -0.15) is 0 Å². The zero-order chi connectivity index (χ0) is 21.1. The highest BCUT2D eigenvalue weighted by Crippen LogP contribution is 2.34. The van der Waals surface area contributed by atoms with Crippen LogP contribution >= 0.6 is 23.5 Å². The van der Waals surface area contributed by atoms with Crippen molar-refractivity contribution in [1.82, 2.24) is 14.5 Å². The summed E-state index contributed by atoms with van der Waals surface area (Å²) in [7, 11) is 0. The number of rotatable bonds is 6. The van der Waals surface area contributed by atoms with Crippen LogP contribution in [0.15, 0.2) is 45.2 Å². The lowest BCUT2D eigenvalue weighted by Gasteiger charge is -2.32. The van der Waals surface area contributed by atoms with Gasteiger partial charge in [0.15, 0.2) is 5.16 Å². The molecular formula is C23H29N3O2S2. The van der Waals surface area contributed by atoms with Gasteiger partial charge in [0.05, 0.1) is 16.3 Å². The van der Waals surface area contributed by atoms with E-state index in [1.165, 1.54) is 17.3 Å². The summed E-state index contributed by atoms with van der Waals surface area (Å²) in [5, 5.41) is 1.08. The van der Waals surface area contributed by atoms with E-state index in [0.717, 1.165) is 49.4 Å². The Hall–Kier alpha value is -1.73. The zero-order valence-electron chi connectivity index (χ0n) is 17.7. The van der Waals surface area contributed by atoms with Crippen LogP contribution in [0.3, 0.4) is 0 Å². The van der Waals surface area contributed by atoms with E-state index in [9.17, 15) is 9.59 Å². The topological polar surface area (TPSA) is 55.2 Å². The molecule has 1 aromatic heterocycles. The van der Waals surface area contributed by atoms with Crippen molar-refractivity contribution in [3.8, 4) is 0 Å². The van der Waals surface area contributed by atoms with Crippen LogP contribution in [0.25, 0.3) is 0 Å². The van der Waals surface area contributed by atoms with E-state index in [1.807, 2.05) is 11.8 Å². The van der Waals surface area contributed by atoms with Gasteiger partial charge in [0.25, 0.3) is 5.56 Å². The predicted molar refractivity (Wildman–Crippen MR) is 123 cm³/mol. The highest BCUT2D eigenvalue weighted by molar-refractivity contribution is 8.00. The lowest BCUT2D eigenvalue weighted by molar-refractivity contribution is -0.129. The molecule has 0 unspecified atom stereocenters. The Morgan fingerprint density at radius 2 is 1.97 bits per heavy atom. The number of fused-ring (bicyclic) bond motifs is 1. The molecule has 3 heterocycles. The summed E-state index contributed by atoms with van der Waals surface area (Å²) in [5.74, 6) is 1.14. The first-order valence-corrected chi connectivity index (χ1v) is 12.7. The fourth-order valence-corrected chi connectivity index (χ4v) is 6.37. The van der Waals surface area contributed by atoms with E-state index in [-0.39, 0.29) is 11.5 Å². The van der Waals surface area contributed by atoms with E-state index >= 15 is 0 Å². The molecule has 2 aromatic rings. The molecule has 160 valence electrons. The van der Waals surface area contributed by atoms with Crippen molar-refractivity contribution >= 4 is 29.4 Å². The van der Waals surface area contributed by atoms with E-state index in [1.54, 1.807) is 16.3 Å². The third-order valence-electron chi connectivity index (χ3n) is 5.94. The van der Waals surface area contributed by atoms with Gasteiger partial charge in [-0.1, -0.05) is 49.0 Å². The summed E-state index contributed by atoms with van der Waals surface area (Å²) >= 11 is 3.03. The molecule has 30 heavy (non-hydrogen) atoms. The van der Waals surface area contributed by atoms with Gasteiger partial charge in [-0.15, -0.1) is 11.8 Å². The van der Waals surface area contributed by atoms with Crippen LogP contribution in [-0.4, -0.2) is 44.5 Å². The van der Waals surface area contributed by atoms with Gasteiger partial charge in [-0.25, -0.2) is 4.98 Å². The number of nitrogens with zero attached hydrogens (tertiary/aromatic N) is 3. The molecule has 1 aromatic carbocycles. The van der Waals surface area contributed by atoms with Crippen LogP contribution in [0.1, 0.15) is 37.9 Å². The monoisotopic (exact) mass is 443 g/mol. The number of amides is 1. The second kappa shape index (κ2) is 9.60.